The number of para-hydroxylation sites is 1. The average molecular weight is 328 g/mol. The molecule has 1 aliphatic carbocycles. The van der Waals surface area contributed by atoms with Gasteiger partial charge in [-0.15, -0.1) is 0 Å². The summed E-state index contributed by atoms with van der Waals surface area (Å²) in [6, 6.07) is 8.03. The topological polar surface area (TPSA) is 63.4 Å². The van der Waals surface area contributed by atoms with Gasteiger partial charge in [-0.05, 0) is 24.5 Å². The first-order valence-corrected chi connectivity index (χ1v) is 8.88. The molecule has 1 spiro atoms. The number of aromatic amines is 1. The van der Waals surface area contributed by atoms with Gasteiger partial charge in [-0.1, -0.05) is 24.6 Å². The SMILES string of the molecule is O=C(Cc1c[nH]c2ccccc12)NC[C@@H]1COC2(CCCCC2)O1. The Morgan fingerprint density at radius 2 is 2.08 bits per heavy atom. The molecule has 4 rings (SSSR count). The monoisotopic (exact) mass is 328 g/mol. The summed E-state index contributed by atoms with van der Waals surface area (Å²) < 4.78 is 12.0. The first-order chi connectivity index (χ1) is 11.7. The summed E-state index contributed by atoms with van der Waals surface area (Å²) in [5.41, 5.74) is 2.09. The Hall–Kier alpha value is -1.85. The van der Waals surface area contributed by atoms with Crippen molar-refractivity contribution in [3.63, 3.8) is 0 Å². The molecule has 1 atom stereocenters. The third kappa shape index (κ3) is 3.19. The number of aromatic nitrogens is 1. The molecule has 2 N–H and O–H groups in total. The van der Waals surface area contributed by atoms with Gasteiger partial charge >= 0.3 is 0 Å². The minimum atomic E-state index is -0.371. The second-order valence-electron chi connectivity index (χ2n) is 6.86. The Morgan fingerprint density at radius 3 is 2.96 bits per heavy atom. The van der Waals surface area contributed by atoms with Crippen LogP contribution in [0.4, 0.5) is 0 Å². The number of hydrogen-bond donors (Lipinski definition) is 2. The number of H-pyrrole nitrogens is 1. The van der Waals surface area contributed by atoms with Crippen LogP contribution in [0.3, 0.4) is 0 Å². The number of hydrogen-bond acceptors (Lipinski definition) is 3. The summed E-state index contributed by atoms with van der Waals surface area (Å²) >= 11 is 0. The Kier molecular flexibility index (Phi) is 4.29. The van der Waals surface area contributed by atoms with Crippen molar-refractivity contribution < 1.29 is 14.3 Å². The Labute approximate surface area is 141 Å². The molecule has 128 valence electrons. The molecular formula is C19H24N2O3. The lowest BCUT2D eigenvalue weighted by molar-refractivity contribution is -0.186. The smallest absolute Gasteiger partial charge is 0.224 e. The maximum Gasteiger partial charge on any atom is 0.224 e. The lowest BCUT2D eigenvalue weighted by Gasteiger charge is -2.31. The highest BCUT2D eigenvalue weighted by Crippen LogP contribution is 2.37. The molecular weight excluding hydrogens is 304 g/mol. The van der Waals surface area contributed by atoms with Gasteiger partial charge in [-0.2, -0.15) is 0 Å². The van der Waals surface area contributed by atoms with E-state index in [1.54, 1.807) is 0 Å². The van der Waals surface area contributed by atoms with Crippen molar-refractivity contribution in [1.82, 2.24) is 10.3 Å². The van der Waals surface area contributed by atoms with Gasteiger partial charge in [0.25, 0.3) is 0 Å². The summed E-state index contributed by atoms with van der Waals surface area (Å²) in [5.74, 6) is -0.349. The molecule has 5 heteroatoms. The molecule has 24 heavy (non-hydrogen) atoms. The minimum absolute atomic E-state index is 0.0212. The van der Waals surface area contributed by atoms with Crippen molar-refractivity contribution in [3.05, 3.63) is 36.0 Å². The zero-order valence-electron chi connectivity index (χ0n) is 13.8. The van der Waals surface area contributed by atoms with Crippen LogP contribution in [0, 0.1) is 0 Å². The predicted octanol–water partition coefficient (Wildman–Crippen LogP) is 2.90. The average Bonchev–Trinajstić information content (AvgIpc) is 3.19. The van der Waals surface area contributed by atoms with Gasteiger partial charge in [0.1, 0.15) is 6.10 Å². The van der Waals surface area contributed by atoms with E-state index in [9.17, 15) is 4.79 Å². The van der Waals surface area contributed by atoms with Crippen LogP contribution in [-0.4, -0.2) is 35.9 Å². The predicted molar refractivity (Wildman–Crippen MR) is 91.7 cm³/mol. The van der Waals surface area contributed by atoms with E-state index in [1.807, 2.05) is 30.5 Å². The molecule has 1 saturated carbocycles. The summed E-state index contributed by atoms with van der Waals surface area (Å²) in [4.78, 5) is 15.5. The number of carbonyl (C=O) groups is 1. The number of nitrogens with one attached hydrogen (secondary N) is 2. The van der Waals surface area contributed by atoms with Crippen LogP contribution in [0.1, 0.15) is 37.7 Å². The molecule has 2 aromatic rings. The Bertz CT molecular complexity index is 718. The number of carbonyl (C=O) groups excluding carboxylic acids is 1. The minimum Gasteiger partial charge on any atom is -0.361 e. The summed E-state index contributed by atoms with van der Waals surface area (Å²) in [6.45, 7) is 1.09. The summed E-state index contributed by atoms with van der Waals surface area (Å²) in [5, 5.41) is 4.10. The standard InChI is InChI=1S/C19H24N2O3/c22-18(10-14-11-20-17-7-3-2-6-16(14)17)21-12-15-13-23-19(24-15)8-4-1-5-9-19/h2-3,6-7,11,15,20H,1,4-5,8-10,12-13H2,(H,21,22)/t15-/m1/s1. The second kappa shape index (κ2) is 6.57. The normalized spacial score (nSPS) is 22.9. The van der Waals surface area contributed by atoms with Crippen molar-refractivity contribution in [2.45, 2.75) is 50.4 Å². The van der Waals surface area contributed by atoms with Gasteiger partial charge < -0.3 is 19.8 Å². The van der Waals surface area contributed by atoms with E-state index in [-0.39, 0.29) is 17.8 Å². The van der Waals surface area contributed by atoms with Crippen molar-refractivity contribution in [2.75, 3.05) is 13.2 Å². The molecule has 2 heterocycles. The van der Waals surface area contributed by atoms with Crippen LogP contribution in [-0.2, 0) is 20.7 Å². The molecule has 1 saturated heterocycles. The molecule has 5 nitrogen and oxygen atoms in total. The lowest BCUT2D eigenvalue weighted by Crippen LogP contribution is -2.37. The van der Waals surface area contributed by atoms with Gasteiger partial charge in [-0.3, -0.25) is 4.79 Å². The lowest BCUT2D eigenvalue weighted by atomic mass is 9.94. The number of rotatable bonds is 4. The van der Waals surface area contributed by atoms with Gasteiger partial charge in [0.2, 0.25) is 5.91 Å². The molecule has 1 aromatic carbocycles. The fraction of sp³-hybridized carbons (Fsp3) is 0.526. The molecule has 1 amide bonds. The van der Waals surface area contributed by atoms with Crippen molar-refractivity contribution in [3.8, 4) is 0 Å². The van der Waals surface area contributed by atoms with Crippen LogP contribution >= 0.6 is 0 Å². The molecule has 1 aromatic heterocycles. The molecule has 0 radical (unpaired) electrons. The van der Waals surface area contributed by atoms with E-state index in [4.69, 9.17) is 9.47 Å². The maximum atomic E-state index is 12.3. The largest absolute Gasteiger partial charge is 0.361 e. The van der Waals surface area contributed by atoms with Gasteiger partial charge in [0.05, 0.1) is 13.0 Å². The molecule has 0 unspecified atom stereocenters. The molecule has 2 aliphatic rings. The quantitative estimate of drug-likeness (QED) is 0.907. The highest BCUT2D eigenvalue weighted by atomic mass is 16.7. The van der Waals surface area contributed by atoms with Crippen LogP contribution in [0.5, 0.6) is 0 Å². The zero-order chi connectivity index (χ0) is 16.4. The fourth-order valence-corrected chi connectivity index (χ4v) is 3.81. The first-order valence-electron chi connectivity index (χ1n) is 8.88. The van der Waals surface area contributed by atoms with Gasteiger partial charge in [0.15, 0.2) is 5.79 Å². The number of ether oxygens (including phenoxy) is 2. The van der Waals surface area contributed by atoms with Gasteiger partial charge in [-0.25, -0.2) is 0 Å². The molecule has 1 aliphatic heterocycles. The third-order valence-electron chi connectivity index (χ3n) is 5.08. The molecule has 2 fully saturated rings. The number of fused-ring (bicyclic) bond motifs is 1. The number of benzene rings is 1. The first kappa shape index (κ1) is 15.7. The van der Waals surface area contributed by atoms with E-state index in [2.05, 4.69) is 10.3 Å². The summed E-state index contributed by atoms with van der Waals surface area (Å²) in [6.07, 6.45) is 7.81. The fourth-order valence-electron chi connectivity index (χ4n) is 3.81. The second-order valence-corrected chi connectivity index (χ2v) is 6.86. The van der Waals surface area contributed by atoms with Crippen LogP contribution in [0.2, 0.25) is 0 Å². The number of amides is 1. The van der Waals surface area contributed by atoms with E-state index in [1.165, 1.54) is 19.3 Å². The van der Waals surface area contributed by atoms with E-state index in [0.29, 0.717) is 19.6 Å². The zero-order valence-corrected chi connectivity index (χ0v) is 13.8. The third-order valence-corrected chi connectivity index (χ3v) is 5.08. The summed E-state index contributed by atoms with van der Waals surface area (Å²) in [7, 11) is 0. The van der Waals surface area contributed by atoms with E-state index < -0.39 is 0 Å². The highest BCUT2D eigenvalue weighted by Gasteiger charge is 2.42. The van der Waals surface area contributed by atoms with Crippen LogP contribution in [0.25, 0.3) is 10.9 Å². The highest BCUT2D eigenvalue weighted by molar-refractivity contribution is 5.88. The van der Waals surface area contributed by atoms with E-state index >= 15 is 0 Å². The Morgan fingerprint density at radius 1 is 1.25 bits per heavy atom. The van der Waals surface area contributed by atoms with Crippen LogP contribution in [0.15, 0.2) is 30.5 Å². The van der Waals surface area contributed by atoms with Crippen LogP contribution < -0.4 is 5.32 Å². The molecule has 0 bridgehead atoms. The van der Waals surface area contributed by atoms with Crippen molar-refractivity contribution >= 4 is 16.8 Å². The van der Waals surface area contributed by atoms with Gasteiger partial charge in [0, 0.05) is 36.5 Å². The Balaban J connectivity index is 1.29. The maximum absolute atomic E-state index is 12.3. The van der Waals surface area contributed by atoms with Crippen molar-refractivity contribution in [1.29, 1.82) is 0 Å². The van der Waals surface area contributed by atoms with Crippen molar-refractivity contribution in [2.24, 2.45) is 0 Å². The van der Waals surface area contributed by atoms with E-state index in [0.717, 1.165) is 29.3 Å².